The second-order valence-corrected chi connectivity index (χ2v) is 4.91. The minimum Gasteiger partial charge on any atom is -0.384 e. The molecule has 102 valence electrons. The summed E-state index contributed by atoms with van der Waals surface area (Å²) in [5, 5.41) is 6.24. The number of carbonyl (C=O) groups is 1. The van der Waals surface area contributed by atoms with E-state index < -0.39 is 0 Å². The van der Waals surface area contributed by atoms with Gasteiger partial charge in [-0.2, -0.15) is 0 Å². The van der Waals surface area contributed by atoms with Crippen LogP contribution in [0.5, 0.6) is 0 Å². The Balaban J connectivity index is 1.57. The standard InChI is InChI=1S/C16H17N3O/c20-16(19-9-5-12-3-7-17-8-4-12)14-2-1-13-6-10-18-15(13)11-14/h1-4,7-8,11,18H,5-6,9-10H2,(H,19,20). The van der Waals surface area contributed by atoms with Crippen LogP contribution in [-0.4, -0.2) is 24.0 Å². The smallest absolute Gasteiger partial charge is 0.251 e. The molecule has 1 aromatic heterocycles. The number of hydrogen-bond donors (Lipinski definition) is 2. The molecule has 0 radical (unpaired) electrons. The van der Waals surface area contributed by atoms with Crippen molar-refractivity contribution in [3.8, 4) is 0 Å². The molecule has 0 saturated carbocycles. The maximum Gasteiger partial charge on any atom is 0.251 e. The fourth-order valence-electron chi connectivity index (χ4n) is 2.40. The van der Waals surface area contributed by atoms with Crippen molar-refractivity contribution in [2.45, 2.75) is 12.8 Å². The van der Waals surface area contributed by atoms with E-state index in [1.165, 1.54) is 11.1 Å². The molecule has 2 N–H and O–H groups in total. The topological polar surface area (TPSA) is 54.0 Å². The largest absolute Gasteiger partial charge is 0.384 e. The van der Waals surface area contributed by atoms with Crippen LogP contribution in [0.3, 0.4) is 0 Å². The Morgan fingerprint density at radius 1 is 1.25 bits per heavy atom. The molecule has 3 rings (SSSR count). The van der Waals surface area contributed by atoms with Crippen LogP contribution in [0.15, 0.2) is 42.7 Å². The van der Waals surface area contributed by atoms with Crippen LogP contribution in [0.25, 0.3) is 0 Å². The predicted molar refractivity (Wildman–Crippen MR) is 78.9 cm³/mol. The van der Waals surface area contributed by atoms with E-state index in [4.69, 9.17) is 0 Å². The van der Waals surface area contributed by atoms with Gasteiger partial charge in [0.1, 0.15) is 0 Å². The highest BCUT2D eigenvalue weighted by molar-refractivity contribution is 5.95. The first-order valence-electron chi connectivity index (χ1n) is 6.87. The molecule has 0 aliphatic carbocycles. The highest BCUT2D eigenvalue weighted by atomic mass is 16.1. The molecule has 1 amide bonds. The van der Waals surface area contributed by atoms with Crippen molar-refractivity contribution >= 4 is 11.6 Å². The number of fused-ring (bicyclic) bond motifs is 1. The van der Waals surface area contributed by atoms with Gasteiger partial charge in [-0.15, -0.1) is 0 Å². The lowest BCUT2D eigenvalue weighted by Gasteiger charge is -2.07. The fourth-order valence-corrected chi connectivity index (χ4v) is 2.40. The Morgan fingerprint density at radius 2 is 2.10 bits per heavy atom. The maximum absolute atomic E-state index is 12.1. The molecule has 0 atom stereocenters. The summed E-state index contributed by atoms with van der Waals surface area (Å²) >= 11 is 0. The summed E-state index contributed by atoms with van der Waals surface area (Å²) in [5.41, 5.74) is 4.27. The minimum atomic E-state index is -0.0180. The molecule has 0 unspecified atom stereocenters. The molecule has 1 aliphatic heterocycles. The number of rotatable bonds is 4. The second-order valence-electron chi connectivity index (χ2n) is 4.91. The number of amides is 1. The summed E-state index contributed by atoms with van der Waals surface area (Å²) in [6, 6.07) is 9.79. The molecule has 20 heavy (non-hydrogen) atoms. The van der Waals surface area contributed by atoms with Gasteiger partial charge in [-0.1, -0.05) is 6.07 Å². The third-order valence-corrected chi connectivity index (χ3v) is 3.53. The number of nitrogens with zero attached hydrogens (tertiary/aromatic N) is 1. The van der Waals surface area contributed by atoms with Crippen LogP contribution in [0.1, 0.15) is 21.5 Å². The maximum atomic E-state index is 12.1. The van der Waals surface area contributed by atoms with Crippen molar-refractivity contribution in [2.75, 3.05) is 18.4 Å². The van der Waals surface area contributed by atoms with Crippen molar-refractivity contribution in [3.63, 3.8) is 0 Å². The number of carbonyl (C=O) groups excluding carboxylic acids is 1. The van der Waals surface area contributed by atoms with E-state index in [2.05, 4.69) is 15.6 Å². The molecule has 4 heteroatoms. The Hall–Kier alpha value is -2.36. The molecule has 2 aromatic rings. The summed E-state index contributed by atoms with van der Waals surface area (Å²) in [7, 11) is 0. The Labute approximate surface area is 118 Å². The van der Waals surface area contributed by atoms with Gasteiger partial charge in [-0.3, -0.25) is 9.78 Å². The number of nitrogens with one attached hydrogen (secondary N) is 2. The molecule has 1 aliphatic rings. The predicted octanol–water partition coefficient (Wildman–Crippen LogP) is 2.02. The van der Waals surface area contributed by atoms with Gasteiger partial charge in [0, 0.05) is 36.7 Å². The zero-order valence-corrected chi connectivity index (χ0v) is 11.2. The van der Waals surface area contributed by atoms with E-state index in [0.29, 0.717) is 12.1 Å². The van der Waals surface area contributed by atoms with E-state index in [9.17, 15) is 4.79 Å². The summed E-state index contributed by atoms with van der Waals surface area (Å²) in [6.07, 6.45) is 5.39. The quantitative estimate of drug-likeness (QED) is 0.891. The van der Waals surface area contributed by atoms with E-state index in [-0.39, 0.29) is 5.91 Å². The average Bonchev–Trinajstić information content (AvgIpc) is 2.95. The van der Waals surface area contributed by atoms with Crippen molar-refractivity contribution < 1.29 is 4.79 Å². The molecular formula is C16H17N3O. The summed E-state index contributed by atoms with van der Waals surface area (Å²) < 4.78 is 0. The van der Waals surface area contributed by atoms with E-state index in [0.717, 1.165) is 25.1 Å². The SMILES string of the molecule is O=C(NCCc1ccncc1)c1ccc2c(c1)NCC2. The van der Waals surface area contributed by atoms with Gasteiger partial charge in [0.25, 0.3) is 5.91 Å². The van der Waals surface area contributed by atoms with Crippen molar-refractivity contribution in [1.82, 2.24) is 10.3 Å². The van der Waals surface area contributed by atoms with Crippen molar-refractivity contribution in [1.29, 1.82) is 0 Å². The lowest BCUT2D eigenvalue weighted by atomic mass is 10.1. The van der Waals surface area contributed by atoms with Crippen LogP contribution >= 0.6 is 0 Å². The number of benzene rings is 1. The Bertz CT molecular complexity index is 610. The van der Waals surface area contributed by atoms with Gasteiger partial charge < -0.3 is 10.6 Å². The molecule has 4 nitrogen and oxygen atoms in total. The molecule has 2 heterocycles. The summed E-state index contributed by atoms with van der Waals surface area (Å²) in [6.45, 7) is 1.59. The van der Waals surface area contributed by atoms with Gasteiger partial charge in [-0.25, -0.2) is 0 Å². The normalized spacial score (nSPS) is 12.6. The van der Waals surface area contributed by atoms with Crippen LogP contribution < -0.4 is 10.6 Å². The number of anilines is 1. The Morgan fingerprint density at radius 3 is 2.95 bits per heavy atom. The van der Waals surface area contributed by atoms with Crippen molar-refractivity contribution in [3.05, 3.63) is 59.4 Å². The minimum absolute atomic E-state index is 0.0180. The molecule has 0 bridgehead atoms. The highest BCUT2D eigenvalue weighted by Gasteiger charge is 2.12. The van der Waals surface area contributed by atoms with Crippen LogP contribution in [-0.2, 0) is 12.8 Å². The fraction of sp³-hybridized carbons (Fsp3) is 0.250. The van der Waals surface area contributed by atoms with E-state index >= 15 is 0 Å². The second kappa shape index (κ2) is 5.74. The third-order valence-electron chi connectivity index (χ3n) is 3.53. The van der Waals surface area contributed by atoms with Crippen LogP contribution in [0.4, 0.5) is 5.69 Å². The average molecular weight is 267 g/mol. The number of pyridine rings is 1. The van der Waals surface area contributed by atoms with Crippen molar-refractivity contribution in [2.24, 2.45) is 0 Å². The Kier molecular flexibility index (Phi) is 3.63. The summed E-state index contributed by atoms with van der Waals surface area (Å²) in [4.78, 5) is 16.1. The zero-order valence-electron chi connectivity index (χ0n) is 11.2. The monoisotopic (exact) mass is 267 g/mol. The summed E-state index contributed by atoms with van der Waals surface area (Å²) in [5.74, 6) is -0.0180. The lowest BCUT2D eigenvalue weighted by molar-refractivity contribution is 0.0954. The lowest BCUT2D eigenvalue weighted by Crippen LogP contribution is -2.25. The molecule has 0 saturated heterocycles. The van der Waals surface area contributed by atoms with Gasteiger partial charge in [-0.05, 0) is 48.2 Å². The molecule has 0 spiro atoms. The van der Waals surface area contributed by atoms with Crippen LogP contribution in [0.2, 0.25) is 0 Å². The molecular weight excluding hydrogens is 250 g/mol. The molecule has 1 aromatic carbocycles. The van der Waals surface area contributed by atoms with Gasteiger partial charge in [0.15, 0.2) is 0 Å². The van der Waals surface area contributed by atoms with E-state index in [1.54, 1.807) is 12.4 Å². The third kappa shape index (κ3) is 2.79. The first-order valence-corrected chi connectivity index (χ1v) is 6.87. The number of hydrogen-bond acceptors (Lipinski definition) is 3. The number of aromatic nitrogens is 1. The van der Waals surface area contributed by atoms with Crippen LogP contribution in [0, 0.1) is 0 Å². The highest BCUT2D eigenvalue weighted by Crippen LogP contribution is 2.23. The van der Waals surface area contributed by atoms with Gasteiger partial charge >= 0.3 is 0 Å². The van der Waals surface area contributed by atoms with Gasteiger partial charge in [0.2, 0.25) is 0 Å². The molecule has 0 fully saturated rings. The zero-order chi connectivity index (χ0) is 13.8. The van der Waals surface area contributed by atoms with Gasteiger partial charge in [0.05, 0.1) is 0 Å². The van der Waals surface area contributed by atoms with E-state index in [1.807, 2.05) is 30.3 Å². The first kappa shape index (κ1) is 12.7. The first-order chi connectivity index (χ1) is 9.83.